The predicted molar refractivity (Wildman–Crippen MR) is 75.3 cm³/mol. The van der Waals surface area contributed by atoms with Crippen molar-refractivity contribution in [2.45, 2.75) is 45.8 Å². The first-order chi connectivity index (χ1) is 8.86. The zero-order chi connectivity index (χ0) is 14.6. The molecule has 4 heteroatoms. The summed E-state index contributed by atoms with van der Waals surface area (Å²) in [5, 5.41) is 0. The molecule has 4 nitrogen and oxygen atoms in total. The zero-order valence-electron chi connectivity index (χ0n) is 12.3. The molecule has 0 saturated heterocycles. The average Bonchev–Trinajstić information content (AvgIpc) is 2.37. The largest absolute Gasteiger partial charge is 0.497 e. The van der Waals surface area contributed by atoms with Crippen LogP contribution in [0.1, 0.15) is 37.8 Å². The second kappa shape index (κ2) is 6.57. The number of carbonyl (C=O) groups is 1. The van der Waals surface area contributed by atoms with Crippen LogP contribution in [0.15, 0.2) is 18.2 Å². The monoisotopic (exact) mass is 265 g/mol. The molecule has 0 unspecified atom stereocenters. The Morgan fingerprint density at radius 1 is 1.26 bits per heavy atom. The molecule has 0 saturated carbocycles. The van der Waals surface area contributed by atoms with Crippen LogP contribution in [-0.4, -0.2) is 25.2 Å². The first kappa shape index (κ1) is 15.5. The Hall–Kier alpha value is -1.55. The minimum atomic E-state index is -0.591. The van der Waals surface area contributed by atoms with E-state index in [1.807, 2.05) is 39.0 Å². The smallest absolute Gasteiger partial charge is 0.322 e. The molecule has 0 aliphatic rings. The van der Waals surface area contributed by atoms with Gasteiger partial charge in [0.15, 0.2) is 0 Å². The molecular weight excluding hydrogens is 242 g/mol. The molecule has 0 fully saturated rings. The molecular formula is C15H23NO3. The van der Waals surface area contributed by atoms with Crippen molar-refractivity contribution < 1.29 is 14.3 Å². The summed E-state index contributed by atoms with van der Waals surface area (Å²) in [5.74, 6) is 0.563. The highest BCUT2D eigenvalue weighted by atomic mass is 16.5. The fraction of sp³-hybridized carbons (Fsp3) is 0.533. The van der Waals surface area contributed by atoms with E-state index in [4.69, 9.17) is 15.2 Å². The molecule has 3 atom stereocenters. The van der Waals surface area contributed by atoms with E-state index in [0.717, 1.165) is 16.9 Å². The molecule has 0 heterocycles. The Bertz CT molecular complexity index is 443. The van der Waals surface area contributed by atoms with Crippen LogP contribution in [0, 0.1) is 6.92 Å². The Labute approximate surface area is 114 Å². The maximum atomic E-state index is 11.5. The summed E-state index contributed by atoms with van der Waals surface area (Å²) >= 11 is 0. The van der Waals surface area contributed by atoms with Crippen LogP contribution in [0.25, 0.3) is 0 Å². The van der Waals surface area contributed by atoms with Crippen molar-refractivity contribution in [1.82, 2.24) is 0 Å². The molecule has 106 valence electrons. The molecule has 0 aliphatic heterocycles. The lowest BCUT2D eigenvalue weighted by Crippen LogP contribution is -2.33. The van der Waals surface area contributed by atoms with Crippen LogP contribution in [0.3, 0.4) is 0 Å². The van der Waals surface area contributed by atoms with E-state index in [9.17, 15) is 4.79 Å². The minimum absolute atomic E-state index is 0.105. The number of methoxy groups -OCH3 is 1. The highest BCUT2D eigenvalue weighted by molar-refractivity contribution is 5.75. The zero-order valence-corrected chi connectivity index (χ0v) is 12.3. The first-order valence-corrected chi connectivity index (χ1v) is 6.47. The number of carbonyl (C=O) groups excluding carboxylic acids is 1. The van der Waals surface area contributed by atoms with Crippen molar-refractivity contribution in [3.63, 3.8) is 0 Å². The summed E-state index contributed by atoms with van der Waals surface area (Å²) in [5.41, 5.74) is 7.76. The minimum Gasteiger partial charge on any atom is -0.497 e. The van der Waals surface area contributed by atoms with E-state index in [1.54, 1.807) is 14.0 Å². The summed E-state index contributed by atoms with van der Waals surface area (Å²) in [6.45, 7) is 7.56. The topological polar surface area (TPSA) is 61.5 Å². The number of esters is 1. The van der Waals surface area contributed by atoms with Crippen LogP contribution in [-0.2, 0) is 9.53 Å². The van der Waals surface area contributed by atoms with Crippen LogP contribution < -0.4 is 10.5 Å². The van der Waals surface area contributed by atoms with Gasteiger partial charge in [-0.2, -0.15) is 0 Å². The van der Waals surface area contributed by atoms with Crippen molar-refractivity contribution >= 4 is 5.97 Å². The molecule has 1 rings (SSSR count). The van der Waals surface area contributed by atoms with E-state index >= 15 is 0 Å². The number of rotatable bonds is 5. The summed E-state index contributed by atoms with van der Waals surface area (Å²) in [4.78, 5) is 11.5. The van der Waals surface area contributed by atoms with Gasteiger partial charge in [0.2, 0.25) is 0 Å². The van der Waals surface area contributed by atoms with Crippen LogP contribution >= 0.6 is 0 Å². The van der Waals surface area contributed by atoms with Crippen LogP contribution in [0.4, 0.5) is 0 Å². The highest BCUT2D eigenvalue weighted by Crippen LogP contribution is 2.27. The lowest BCUT2D eigenvalue weighted by Gasteiger charge is -2.23. The number of benzene rings is 1. The Balaban J connectivity index is 2.82. The SMILES string of the molecule is COc1ccc([C@H](C)[C@H](C)OC(=O)[C@@H](C)N)c(C)c1. The number of nitrogens with two attached hydrogens (primary N) is 1. The second-order valence-corrected chi connectivity index (χ2v) is 4.94. The van der Waals surface area contributed by atoms with Gasteiger partial charge in [-0.3, -0.25) is 4.79 Å². The summed E-state index contributed by atoms with van der Waals surface area (Å²) in [6.07, 6.45) is -0.217. The molecule has 0 aromatic heterocycles. The second-order valence-electron chi connectivity index (χ2n) is 4.94. The fourth-order valence-electron chi connectivity index (χ4n) is 1.93. The van der Waals surface area contributed by atoms with E-state index in [2.05, 4.69) is 0 Å². The molecule has 2 N–H and O–H groups in total. The van der Waals surface area contributed by atoms with E-state index in [-0.39, 0.29) is 18.0 Å². The molecule has 0 amide bonds. The highest BCUT2D eigenvalue weighted by Gasteiger charge is 2.21. The van der Waals surface area contributed by atoms with Gasteiger partial charge in [-0.05, 0) is 44.0 Å². The maximum Gasteiger partial charge on any atom is 0.322 e. The first-order valence-electron chi connectivity index (χ1n) is 6.47. The lowest BCUT2D eigenvalue weighted by atomic mass is 9.92. The number of hydrogen-bond acceptors (Lipinski definition) is 4. The van der Waals surface area contributed by atoms with Crippen molar-refractivity contribution in [2.24, 2.45) is 5.73 Å². The molecule has 19 heavy (non-hydrogen) atoms. The van der Waals surface area contributed by atoms with Gasteiger partial charge in [-0.15, -0.1) is 0 Å². The molecule has 1 aromatic carbocycles. The van der Waals surface area contributed by atoms with Crippen LogP contribution in [0.5, 0.6) is 5.75 Å². The summed E-state index contributed by atoms with van der Waals surface area (Å²) in [6, 6.07) is 5.31. The Morgan fingerprint density at radius 3 is 2.37 bits per heavy atom. The quantitative estimate of drug-likeness (QED) is 0.830. The van der Waals surface area contributed by atoms with Gasteiger partial charge in [0, 0.05) is 5.92 Å². The van der Waals surface area contributed by atoms with E-state index in [0.29, 0.717) is 0 Å². The van der Waals surface area contributed by atoms with Crippen molar-refractivity contribution in [1.29, 1.82) is 0 Å². The van der Waals surface area contributed by atoms with Crippen molar-refractivity contribution in [2.75, 3.05) is 7.11 Å². The van der Waals surface area contributed by atoms with Gasteiger partial charge in [-0.1, -0.05) is 13.0 Å². The average molecular weight is 265 g/mol. The fourth-order valence-corrected chi connectivity index (χ4v) is 1.93. The molecule has 0 spiro atoms. The lowest BCUT2D eigenvalue weighted by molar-refractivity contribution is -0.150. The third-order valence-corrected chi connectivity index (χ3v) is 3.35. The van der Waals surface area contributed by atoms with E-state index in [1.165, 1.54) is 0 Å². The molecule has 0 radical (unpaired) electrons. The predicted octanol–water partition coefficient (Wildman–Crippen LogP) is 2.39. The van der Waals surface area contributed by atoms with Gasteiger partial charge < -0.3 is 15.2 Å². The van der Waals surface area contributed by atoms with Crippen molar-refractivity contribution in [3.05, 3.63) is 29.3 Å². The molecule has 0 aliphatic carbocycles. The molecule has 0 bridgehead atoms. The maximum absolute atomic E-state index is 11.5. The Morgan fingerprint density at radius 2 is 1.89 bits per heavy atom. The van der Waals surface area contributed by atoms with Gasteiger partial charge >= 0.3 is 5.97 Å². The number of aryl methyl sites for hydroxylation is 1. The number of hydrogen-bond donors (Lipinski definition) is 1. The van der Waals surface area contributed by atoms with E-state index < -0.39 is 6.04 Å². The standard InChI is InChI=1S/C15H23NO3/c1-9-8-13(18-5)6-7-14(9)10(2)12(4)19-15(17)11(3)16/h6-8,10-12H,16H2,1-5H3/t10-,11-,12+/m1/s1. The summed E-state index contributed by atoms with van der Waals surface area (Å²) < 4.78 is 10.5. The third-order valence-electron chi connectivity index (χ3n) is 3.35. The number of ether oxygens (including phenoxy) is 2. The molecule has 1 aromatic rings. The Kier molecular flexibility index (Phi) is 5.36. The van der Waals surface area contributed by atoms with Gasteiger partial charge in [0.05, 0.1) is 7.11 Å². The van der Waals surface area contributed by atoms with Crippen LogP contribution in [0.2, 0.25) is 0 Å². The normalized spacial score (nSPS) is 15.5. The van der Waals surface area contributed by atoms with Gasteiger partial charge in [0.1, 0.15) is 17.9 Å². The third kappa shape index (κ3) is 3.96. The van der Waals surface area contributed by atoms with Crippen molar-refractivity contribution in [3.8, 4) is 5.75 Å². The van der Waals surface area contributed by atoms with Gasteiger partial charge in [0.25, 0.3) is 0 Å². The van der Waals surface area contributed by atoms with Gasteiger partial charge in [-0.25, -0.2) is 0 Å². The summed E-state index contributed by atoms with van der Waals surface area (Å²) in [7, 11) is 1.64.